The van der Waals surface area contributed by atoms with Crippen LogP contribution in [0.5, 0.6) is 0 Å². The second-order valence-corrected chi connectivity index (χ2v) is 6.74. The third-order valence-electron chi connectivity index (χ3n) is 4.88. The second kappa shape index (κ2) is 6.12. The number of likely N-dealkylation sites (tertiary alicyclic amines) is 1. The van der Waals surface area contributed by atoms with Gasteiger partial charge in [0.2, 0.25) is 5.91 Å². The van der Waals surface area contributed by atoms with Gasteiger partial charge in [0.1, 0.15) is 7.85 Å². The molecule has 1 saturated carbocycles. The van der Waals surface area contributed by atoms with E-state index in [4.69, 9.17) is 0 Å². The van der Waals surface area contributed by atoms with Crippen molar-refractivity contribution in [3.63, 3.8) is 0 Å². The zero-order chi connectivity index (χ0) is 13.1. The van der Waals surface area contributed by atoms with Crippen LogP contribution in [0.15, 0.2) is 0 Å². The monoisotopic (exact) mass is 249 g/mol. The molecule has 2 aliphatic rings. The van der Waals surface area contributed by atoms with Crippen molar-refractivity contribution in [3.05, 3.63) is 0 Å². The highest BCUT2D eigenvalue weighted by atomic mass is 16.2. The minimum Gasteiger partial charge on any atom is -0.337 e. The van der Waals surface area contributed by atoms with Gasteiger partial charge in [0.15, 0.2) is 0 Å². The smallest absolute Gasteiger partial charge is 0.223 e. The average Bonchev–Trinajstić information content (AvgIpc) is 2.39. The van der Waals surface area contributed by atoms with Crippen LogP contribution >= 0.6 is 0 Å². The van der Waals surface area contributed by atoms with Crippen LogP contribution in [-0.4, -0.2) is 30.7 Å². The van der Waals surface area contributed by atoms with Gasteiger partial charge in [-0.15, -0.1) is 0 Å². The van der Waals surface area contributed by atoms with Crippen LogP contribution in [0.25, 0.3) is 0 Å². The molecule has 0 radical (unpaired) electrons. The SMILES string of the molecule is BC1CCCCCC2C(CCC(=O)N2C(C)C)C1. The number of piperidine rings is 1. The number of hydrogen-bond donors (Lipinski definition) is 0. The molecule has 2 fully saturated rings. The third kappa shape index (κ3) is 3.10. The van der Waals surface area contributed by atoms with Gasteiger partial charge in [-0.1, -0.05) is 37.9 Å². The van der Waals surface area contributed by atoms with Crippen molar-refractivity contribution in [3.8, 4) is 0 Å². The molecule has 0 N–H and O–H groups in total. The van der Waals surface area contributed by atoms with Crippen LogP contribution in [0.2, 0.25) is 5.82 Å². The summed E-state index contributed by atoms with van der Waals surface area (Å²) in [5.74, 6) is 2.01. The Morgan fingerprint density at radius 2 is 1.89 bits per heavy atom. The van der Waals surface area contributed by atoms with E-state index >= 15 is 0 Å². The predicted molar refractivity (Wildman–Crippen MR) is 78.5 cm³/mol. The van der Waals surface area contributed by atoms with Gasteiger partial charge < -0.3 is 4.90 Å². The molecule has 0 aromatic carbocycles. The fourth-order valence-corrected chi connectivity index (χ4v) is 4.02. The van der Waals surface area contributed by atoms with Gasteiger partial charge in [-0.3, -0.25) is 4.79 Å². The first kappa shape index (κ1) is 14.0. The molecule has 2 nitrogen and oxygen atoms in total. The molecule has 18 heavy (non-hydrogen) atoms. The average molecular weight is 249 g/mol. The van der Waals surface area contributed by atoms with E-state index in [9.17, 15) is 4.79 Å². The van der Waals surface area contributed by atoms with Gasteiger partial charge in [0, 0.05) is 18.5 Å². The van der Waals surface area contributed by atoms with E-state index in [0.29, 0.717) is 18.0 Å². The Kier molecular flexibility index (Phi) is 4.74. The summed E-state index contributed by atoms with van der Waals surface area (Å²) in [6.45, 7) is 4.35. The number of amides is 1. The summed E-state index contributed by atoms with van der Waals surface area (Å²) in [4.78, 5) is 14.4. The minimum atomic E-state index is 0.376. The summed E-state index contributed by atoms with van der Waals surface area (Å²) in [7, 11) is 2.40. The van der Waals surface area contributed by atoms with Crippen LogP contribution in [0, 0.1) is 5.92 Å². The maximum Gasteiger partial charge on any atom is 0.223 e. The van der Waals surface area contributed by atoms with Crippen molar-refractivity contribution >= 4 is 13.8 Å². The summed E-state index contributed by atoms with van der Waals surface area (Å²) in [5, 5.41) is 0. The number of carbonyl (C=O) groups excluding carboxylic acids is 1. The summed E-state index contributed by atoms with van der Waals surface area (Å²) in [6, 6.07) is 0.910. The Bertz CT molecular complexity index is 292. The molecule has 3 atom stereocenters. The number of rotatable bonds is 1. The maximum atomic E-state index is 12.2. The first-order valence-electron chi connectivity index (χ1n) is 7.90. The molecule has 3 unspecified atom stereocenters. The molecule has 0 aromatic heterocycles. The molecule has 1 saturated heterocycles. The Balaban J connectivity index is 2.14. The summed E-state index contributed by atoms with van der Waals surface area (Å²) in [6.07, 6.45) is 9.93. The van der Waals surface area contributed by atoms with Gasteiger partial charge in [-0.05, 0) is 32.6 Å². The lowest BCUT2D eigenvalue weighted by atomic mass is 9.72. The molecule has 0 spiro atoms. The summed E-state index contributed by atoms with van der Waals surface area (Å²) in [5.41, 5.74) is 0. The Labute approximate surface area is 113 Å². The van der Waals surface area contributed by atoms with Crippen LogP contribution in [-0.2, 0) is 4.79 Å². The van der Waals surface area contributed by atoms with Crippen molar-refractivity contribution in [2.45, 2.75) is 83.1 Å². The lowest BCUT2D eigenvalue weighted by molar-refractivity contribution is -0.141. The van der Waals surface area contributed by atoms with Crippen molar-refractivity contribution in [1.82, 2.24) is 4.90 Å². The van der Waals surface area contributed by atoms with Gasteiger partial charge in [0.25, 0.3) is 0 Å². The third-order valence-corrected chi connectivity index (χ3v) is 4.88. The number of carbonyl (C=O) groups is 1. The largest absolute Gasteiger partial charge is 0.337 e. The number of hydrogen-bond acceptors (Lipinski definition) is 1. The quantitative estimate of drug-likeness (QED) is 0.654. The normalized spacial score (nSPS) is 34.7. The van der Waals surface area contributed by atoms with Crippen molar-refractivity contribution in [2.75, 3.05) is 0 Å². The highest BCUT2D eigenvalue weighted by Gasteiger charge is 2.37. The molecule has 102 valence electrons. The van der Waals surface area contributed by atoms with Gasteiger partial charge >= 0.3 is 0 Å². The van der Waals surface area contributed by atoms with E-state index in [-0.39, 0.29) is 0 Å². The Hall–Kier alpha value is -0.465. The predicted octanol–water partition coefficient (Wildman–Crippen LogP) is 2.78. The molecule has 1 aliphatic heterocycles. The molecule has 3 heteroatoms. The van der Waals surface area contributed by atoms with Crippen molar-refractivity contribution in [2.24, 2.45) is 5.92 Å². The first-order chi connectivity index (χ1) is 8.59. The van der Waals surface area contributed by atoms with E-state index in [1.807, 2.05) is 0 Å². The minimum absolute atomic E-state index is 0.376. The van der Waals surface area contributed by atoms with Crippen molar-refractivity contribution in [1.29, 1.82) is 0 Å². The van der Waals surface area contributed by atoms with E-state index in [1.54, 1.807) is 0 Å². The van der Waals surface area contributed by atoms with Crippen LogP contribution < -0.4 is 0 Å². The lowest BCUT2D eigenvalue weighted by Gasteiger charge is -2.44. The highest BCUT2D eigenvalue weighted by molar-refractivity contribution is 6.11. The molecular formula is C15H28BNO. The summed E-state index contributed by atoms with van der Waals surface area (Å²) < 4.78 is 0. The number of fused-ring (bicyclic) bond motifs is 1. The van der Waals surface area contributed by atoms with Gasteiger partial charge in [0.05, 0.1) is 0 Å². The molecule has 0 bridgehead atoms. The van der Waals surface area contributed by atoms with Crippen LogP contribution in [0.3, 0.4) is 0 Å². The fraction of sp³-hybridized carbons (Fsp3) is 0.933. The van der Waals surface area contributed by atoms with Gasteiger partial charge in [-0.2, -0.15) is 0 Å². The van der Waals surface area contributed by atoms with E-state index in [1.165, 1.54) is 38.5 Å². The van der Waals surface area contributed by atoms with Crippen LogP contribution in [0.4, 0.5) is 0 Å². The maximum absolute atomic E-state index is 12.2. The van der Waals surface area contributed by atoms with Crippen molar-refractivity contribution < 1.29 is 4.79 Å². The zero-order valence-corrected chi connectivity index (χ0v) is 12.3. The fourth-order valence-electron chi connectivity index (χ4n) is 4.02. The van der Waals surface area contributed by atoms with E-state index in [2.05, 4.69) is 26.6 Å². The first-order valence-corrected chi connectivity index (χ1v) is 7.90. The number of nitrogens with zero attached hydrogens (tertiary/aromatic N) is 1. The second-order valence-electron chi connectivity index (χ2n) is 6.74. The van der Waals surface area contributed by atoms with Crippen LogP contribution in [0.1, 0.15) is 65.2 Å². The highest BCUT2D eigenvalue weighted by Crippen LogP contribution is 2.37. The molecule has 1 aliphatic carbocycles. The lowest BCUT2D eigenvalue weighted by Crippen LogP contribution is -2.51. The molecule has 0 aromatic rings. The molecule has 2 rings (SSSR count). The Morgan fingerprint density at radius 1 is 1.17 bits per heavy atom. The molecule has 1 heterocycles. The summed E-state index contributed by atoms with van der Waals surface area (Å²) >= 11 is 0. The zero-order valence-electron chi connectivity index (χ0n) is 12.3. The van der Waals surface area contributed by atoms with E-state index < -0.39 is 0 Å². The standard InChI is InChI=1S/C15H28BNO/c1-11(2)17-14-7-5-3-4-6-13(16)10-12(14)8-9-15(17)18/h11-14H,3-10,16H2,1-2H3. The Morgan fingerprint density at radius 3 is 2.61 bits per heavy atom. The topological polar surface area (TPSA) is 20.3 Å². The van der Waals surface area contributed by atoms with Gasteiger partial charge in [-0.25, -0.2) is 0 Å². The van der Waals surface area contributed by atoms with E-state index in [0.717, 1.165) is 24.6 Å². The molecule has 1 amide bonds. The molecular weight excluding hydrogens is 221 g/mol.